The number of sulfonamides is 1. The predicted octanol–water partition coefficient (Wildman–Crippen LogP) is 3.66. The Balaban J connectivity index is 1.81. The molecule has 3 rings (SSSR count). The fraction of sp³-hybridized carbons (Fsp3) is 0.381. The monoisotopic (exact) mass is 402 g/mol. The molecule has 1 aliphatic carbocycles. The van der Waals surface area contributed by atoms with Crippen LogP contribution >= 0.6 is 0 Å². The average molecular weight is 403 g/mol. The molecule has 0 unspecified atom stereocenters. The van der Waals surface area contributed by atoms with E-state index in [9.17, 15) is 13.2 Å². The topological polar surface area (TPSA) is 75.7 Å². The van der Waals surface area contributed by atoms with Crippen molar-refractivity contribution in [3.63, 3.8) is 0 Å². The molecule has 1 amide bonds. The summed E-state index contributed by atoms with van der Waals surface area (Å²) in [6, 6.07) is 15.2. The van der Waals surface area contributed by atoms with Gasteiger partial charge in [-0.15, -0.1) is 0 Å². The molecular formula is C21H26N2O4S. The van der Waals surface area contributed by atoms with Crippen LogP contribution in [0.4, 0.5) is 5.69 Å². The molecule has 150 valence electrons. The molecular weight excluding hydrogens is 376 g/mol. The second-order valence-electron chi connectivity index (χ2n) is 6.94. The number of hydrogen-bond donors (Lipinski definition) is 1. The van der Waals surface area contributed by atoms with Crippen molar-refractivity contribution in [2.45, 2.75) is 43.0 Å². The van der Waals surface area contributed by atoms with E-state index < -0.39 is 10.0 Å². The average Bonchev–Trinajstić information content (AvgIpc) is 2.73. The normalized spacial score (nSPS) is 15.4. The lowest BCUT2D eigenvalue weighted by Crippen LogP contribution is -2.45. The van der Waals surface area contributed by atoms with E-state index in [2.05, 4.69) is 5.32 Å². The minimum Gasteiger partial charge on any atom is -0.497 e. The Morgan fingerprint density at radius 3 is 2.46 bits per heavy atom. The Labute approximate surface area is 166 Å². The van der Waals surface area contributed by atoms with Crippen LogP contribution in [0, 0.1) is 0 Å². The quantitative estimate of drug-likeness (QED) is 0.767. The number of rotatable bonds is 7. The molecule has 2 aromatic carbocycles. The van der Waals surface area contributed by atoms with Crippen LogP contribution in [0.3, 0.4) is 0 Å². The fourth-order valence-corrected chi connectivity index (χ4v) is 5.21. The van der Waals surface area contributed by atoms with Crippen LogP contribution in [0.5, 0.6) is 5.75 Å². The highest BCUT2D eigenvalue weighted by Gasteiger charge is 2.33. The second kappa shape index (κ2) is 9.21. The van der Waals surface area contributed by atoms with Crippen LogP contribution < -0.4 is 10.1 Å². The number of hydrogen-bond acceptors (Lipinski definition) is 4. The molecule has 0 radical (unpaired) electrons. The van der Waals surface area contributed by atoms with Gasteiger partial charge >= 0.3 is 0 Å². The summed E-state index contributed by atoms with van der Waals surface area (Å²) in [5, 5.41) is 2.78. The fourth-order valence-electron chi connectivity index (χ4n) is 3.55. The van der Waals surface area contributed by atoms with Gasteiger partial charge in [-0.05, 0) is 37.1 Å². The number of benzene rings is 2. The summed E-state index contributed by atoms with van der Waals surface area (Å²) in [5.41, 5.74) is 0.574. The molecule has 0 aromatic heterocycles. The number of carbonyl (C=O) groups excluding carboxylic acids is 1. The van der Waals surface area contributed by atoms with Crippen molar-refractivity contribution in [2.75, 3.05) is 19.0 Å². The number of amides is 1. The van der Waals surface area contributed by atoms with Gasteiger partial charge in [-0.3, -0.25) is 4.79 Å². The molecule has 1 saturated carbocycles. The third-order valence-electron chi connectivity index (χ3n) is 4.98. The maximum Gasteiger partial charge on any atom is 0.243 e. The van der Waals surface area contributed by atoms with Gasteiger partial charge in [-0.2, -0.15) is 4.31 Å². The molecule has 1 fully saturated rings. The number of methoxy groups -OCH3 is 1. The lowest BCUT2D eigenvalue weighted by molar-refractivity contribution is -0.116. The summed E-state index contributed by atoms with van der Waals surface area (Å²) < 4.78 is 33.0. The van der Waals surface area contributed by atoms with Crippen LogP contribution in [0.1, 0.15) is 32.1 Å². The first kappa shape index (κ1) is 20.4. The van der Waals surface area contributed by atoms with Crippen molar-refractivity contribution in [3.05, 3.63) is 54.6 Å². The van der Waals surface area contributed by atoms with Crippen molar-refractivity contribution < 1.29 is 17.9 Å². The zero-order chi connectivity index (χ0) is 20.0. The van der Waals surface area contributed by atoms with E-state index in [1.165, 1.54) is 4.31 Å². The minimum absolute atomic E-state index is 0.157. The Morgan fingerprint density at radius 2 is 1.79 bits per heavy atom. The summed E-state index contributed by atoms with van der Waals surface area (Å²) in [6.45, 7) is -0.209. The van der Waals surface area contributed by atoms with Gasteiger partial charge in [0.25, 0.3) is 0 Å². The summed E-state index contributed by atoms with van der Waals surface area (Å²) in [4.78, 5) is 12.9. The summed E-state index contributed by atoms with van der Waals surface area (Å²) in [6.07, 6.45) is 4.61. The smallest absolute Gasteiger partial charge is 0.243 e. The van der Waals surface area contributed by atoms with Gasteiger partial charge in [-0.1, -0.05) is 43.5 Å². The van der Waals surface area contributed by atoms with Crippen LogP contribution in [0.2, 0.25) is 0 Å². The number of nitrogens with one attached hydrogen (secondary N) is 1. The van der Waals surface area contributed by atoms with E-state index in [1.54, 1.807) is 61.7 Å². The van der Waals surface area contributed by atoms with Gasteiger partial charge in [0.1, 0.15) is 5.75 Å². The van der Waals surface area contributed by atoms with E-state index in [0.29, 0.717) is 11.4 Å². The molecule has 1 aliphatic rings. The van der Waals surface area contributed by atoms with Crippen LogP contribution in [0.15, 0.2) is 59.5 Å². The standard InChI is InChI=1S/C21H26N2O4S/c1-27-19-12-8-9-17(15-19)22-21(24)16-23(18-10-4-2-5-11-18)28(25,26)20-13-6-3-7-14-20/h3,6-9,12-15,18H,2,4-5,10-11,16H2,1H3,(H,22,24). The van der Waals surface area contributed by atoms with E-state index in [0.717, 1.165) is 32.1 Å². The molecule has 6 nitrogen and oxygen atoms in total. The highest BCUT2D eigenvalue weighted by atomic mass is 32.2. The number of carbonyl (C=O) groups is 1. The predicted molar refractivity (Wildman–Crippen MR) is 109 cm³/mol. The molecule has 7 heteroatoms. The van der Waals surface area contributed by atoms with E-state index in [4.69, 9.17) is 4.74 Å². The highest BCUT2D eigenvalue weighted by molar-refractivity contribution is 7.89. The largest absolute Gasteiger partial charge is 0.497 e. The minimum atomic E-state index is -3.75. The summed E-state index contributed by atoms with van der Waals surface area (Å²) in [5.74, 6) is 0.261. The SMILES string of the molecule is COc1cccc(NC(=O)CN(C2CCCCC2)S(=O)(=O)c2ccccc2)c1. The van der Waals surface area contributed by atoms with Crippen molar-refractivity contribution in [2.24, 2.45) is 0 Å². The lowest BCUT2D eigenvalue weighted by Gasteiger charge is -2.33. The van der Waals surface area contributed by atoms with Gasteiger partial charge in [0.2, 0.25) is 15.9 Å². The Kier molecular flexibility index (Phi) is 6.70. The lowest BCUT2D eigenvalue weighted by atomic mass is 9.95. The van der Waals surface area contributed by atoms with E-state index >= 15 is 0 Å². The first-order valence-electron chi connectivity index (χ1n) is 9.51. The van der Waals surface area contributed by atoms with E-state index in [1.807, 2.05) is 0 Å². The number of nitrogens with zero attached hydrogens (tertiary/aromatic N) is 1. The number of anilines is 1. The Bertz CT molecular complexity index is 894. The third-order valence-corrected chi connectivity index (χ3v) is 6.90. The second-order valence-corrected chi connectivity index (χ2v) is 8.83. The van der Waals surface area contributed by atoms with Gasteiger partial charge in [0.15, 0.2) is 0 Å². The van der Waals surface area contributed by atoms with Crippen LogP contribution in [0.25, 0.3) is 0 Å². The zero-order valence-corrected chi connectivity index (χ0v) is 16.8. The Hall–Kier alpha value is -2.38. The maximum absolute atomic E-state index is 13.2. The zero-order valence-electron chi connectivity index (χ0n) is 16.0. The van der Waals surface area contributed by atoms with Crippen LogP contribution in [-0.2, 0) is 14.8 Å². The molecule has 0 aliphatic heterocycles. The Morgan fingerprint density at radius 1 is 1.07 bits per heavy atom. The molecule has 1 N–H and O–H groups in total. The van der Waals surface area contributed by atoms with Gasteiger partial charge in [0.05, 0.1) is 18.6 Å². The van der Waals surface area contributed by atoms with Crippen LogP contribution in [-0.4, -0.2) is 38.3 Å². The van der Waals surface area contributed by atoms with Gasteiger partial charge in [0, 0.05) is 17.8 Å². The first-order valence-corrected chi connectivity index (χ1v) is 11.0. The maximum atomic E-state index is 13.2. The van der Waals surface area contributed by atoms with Gasteiger partial charge < -0.3 is 10.1 Å². The molecule has 0 saturated heterocycles. The van der Waals surface area contributed by atoms with Crippen molar-refractivity contribution in [1.29, 1.82) is 0 Å². The molecule has 28 heavy (non-hydrogen) atoms. The highest BCUT2D eigenvalue weighted by Crippen LogP contribution is 2.28. The first-order chi connectivity index (χ1) is 13.5. The summed E-state index contributed by atoms with van der Waals surface area (Å²) >= 11 is 0. The third kappa shape index (κ3) is 4.91. The number of ether oxygens (including phenoxy) is 1. The molecule has 0 atom stereocenters. The van der Waals surface area contributed by atoms with Crippen molar-refractivity contribution in [1.82, 2.24) is 4.31 Å². The van der Waals surface area contributed by atoms with E-state index in [-0.39, 0.29) is 23.4 Å². The molecule has 2 aromatic rings. The van der Waals surface area contributed by atoms with Crippen molar-refractivity contribution in [3.8, 4) is 5.75 Å². The van der Waals surface area contributed by atoms with Gasteiger partial charge in [-0.25, -0.2) is 8.42 Å². The molecule has 0 spiro atoms. The summed E-state index contributed by atoms with van der Waals surface area (Å²) in [7, 11) is -2.20. The molecule has 0 heterocycles. The molecule has 0 bridgehead atoms. The van der Waals surface area contributed by atoms with Crippen molar-refractivity contribution >= 4 is 21.6 Å².